The van der Waals surface area contributed by atoms with Gasteiger partial charge in [0.15, 0.2) is 0 Å². The van der Waals surface area contributed by atoms with Gasteiger partial charge in [0, 0.05) is 12.4 Å². The molecule has 0 atom stereocenters. The van der Waals surface area contributed by atoms with Crippen LogP contribution in [0.15, 0.2) is 46.5 Å². The number of nitrogens with zero attached hydrogens (tertiary/aromatic N) is 2. The van der Waals surface area contributed by atoms with Crippen LogP contribution in [0, 0.1) is 0 Å². The Morgan fingerprint density at radius 2 is 1.57 bits per heavy atom. The molecule has 0 aliphatic rings. The van der Waals surface area contributed by atoms with Gasteiger partial charge in [0.1, 0.15) is 4.90 Å². The topological polar surface area (TPSA) is 147 Å². The normalized spacial score (nSPS) is 12.1. The summed E-state index contributed by atoms with van der Waals surface area (Å²) in [6.45, 7) is 0. The summed E-state index contributed by atoms with van der Waals surface area (Å²) in [7, 11) is -9.34. The quantitative estimate of drug-likeness (QED) is 0.689. The molecule has 3 N–H and O–H groups in total. The number of hydrogen-bond acceptors (Lipinski definition) is 7. The van der Waals surface area contributed by atoms with Crippen LogP contribution in [0.1, 0.15) is 0 Å². The van der Waals surface area contributed by atoms with Crippen molar-refractivity contribution in [1.29, 1.82) is 0 Å². The Labute approximate surface area is 120 Å². The van der Waals surface area contributed by atoms with Crippen molar-refractivity contribution in [3.8, 4) is 0 Å². The molecule has 11 heteroatoms. The van der Waals surface area contributed by atoms with Crippen LogP contribution in [0.2, 0.25) is 0 Å². The van der Waals surface area contributed by atoms with Gasteiger partial charge in [-0.3, -0.25) is 9.11 Å². The largest absolute Gasteiger partial charge is 0.323 e. The zero-order valence-corrected chi connectivity index (χ0v) is 11.8. The summed E-state index contributed by atoms with van der Waals surface area (Å²) in [5, 5.41) is 2.52. The predicted octanol–water partition coefficient (Wildman–Crippen LogP) is 0.714. The van der Waals surface area contributed by atoms with Gasteiger partial charge in [0.2, 0.25) is 5.95 Å². The first-order valence-electron chi connectivity index (χ1n) is 5.31. The molecule has 0 bridgehead atoms. The van der Waals surface area contributed by atoms with Crippen molar-refractivity contribution in [3.63, 3.8) is 0 Å². The van der Waals surface area contributed by atoms with Crippen molar-refractivity contribution in [2.75, 3.05) is 5.32 Å². The third kappa shape index (κ3) is 3.72. The van der Waals surface area contributed by atoms with Crippen LogP contribution in [0.4, 0.5) is 11.6 Å². The van der Waals surface area contributed by atoms with E-state index in [2.05, 4.69) is 15.3 Å². The second-order valence-electron chi connectivity index (χ2n) is 3.81. The summed E-state index contributed by atoms with van der Waals surface area (Å²) in [6, 6.07) is 4.18. The molecule has 2 rings (SSSR count). The van der Waals surface area contributed by atoms with Crippen LogP contribution in [0.25, 0.3) is 0 Å². The minimum atomic E-state index is -4.73. The predicted molar refractivity (Wildman–Crippen MR) is 71.4 cm³/mol. The van der Waals surface area contributed by atoms with E-state index >= 15 is 0 Å². The van der Waals surface area contributed by atoms with Crippen molar-refractivity contribution >= 4 is 31.9 Å². The maximum Gasteiger partial charge on any atom is 0.296 e. The van der Waals surface area contributed by atoms with E-state index < -0.39 is 30.0 Å². The Balaban J connectivity index is 2.57. The summed E-state index contributed by atoms with van der Waals surface area (Å²) in [5.74, 6) is 0.0435. The van der Waals surface area contributed by atoms with E-state index in [1.165, 1.54) is 18.5 Å². The molecule has 0 amide bonds. The minimum Gasteiger partial charge on any atom is -0.323 e. The molecule has 9 nitrogen and oxygen atoms in total. The summed E-state index contributed by atoms with van der Waals surface area (Å²) >= 11 is 0. The monoisotopic (exact) mass is 331 g/mol. The standard InChI is InChI=1S/C10H9N3O6S2/c14-20(15,16)7-2-3-8(9(6-7)21(17,18)19)13-10-11-4-1-5-12-10/h1-6H,(H,11,12,13)(H,14,15,16)(H,17,18,19). The molecule has 0 spiro atoms. The SMILES string of the molecule is O=S(=O)(O)c1ccc(Nc2ncccn2)c(S(=O)(=O)O)c1. The molecule has 1 heterocycles. The Bertz CT molecular complexity index is 865. The van der Waals surface area contributed by atoms with Gasteiger partial charge in [-0.2, -0.15) is 16.8 Å². The first kappa shape index (κ1) is 15.3. The molecule has 0 saturated heterocycles. The lowest BCUT2D eigenvalue weighted by Gasteiger charge is -2.09. The van der Waals surface area contributed by atoms with Gasteiger partial charge in [-0.05, 0) is 24.3 Å². The molecule has 0 unspecified atom stereocenters. The van der Waals surface area contributed by atoms with Crippen molar-refractivity contribution in [2.24, 2.45) is 0 Å². The molecular formula is C10H9N3O6S2. The fraction of sp³-hybridized carbons (Fsp3) is 0. The van der Waals surface area contributed by atoms with Crippen LogP contribution >= 0.6 is 0 Å². The van der Waals surface area contributed by atoms with E-state index in [0.717, 1.165) is 12.1 Å². The zero-order valence-electron chi connectivity index (χ0n) is 10.2. The molecule has 1 aromatic heterocycles. The lowest BCUT2D eigenvalue weighted by Crippen LogP contribution is -2.07. The molecule has 0 radical (unpaired) electrons. The van der Waals surface area contributed by atoms with E-state index in [-0.39, 0.29) is 11.6 Å². The highest BCUT2D eigenvalue weighted by Gasteiger charge is 2.20. The minimum absolute atomic E-state index is 0.0435. The maximum absolute atomic E-state index is 11.3. The third-order valence-corrected chi connectivity index (χ3v) is 4.08. The zero-order chi connectivity index (χ0) is 15.7. The fourth-order valence-electron chi connectivity index (χ4n) is 1.46. The lowest BCUT2D eigenvalue weighted by molar-refractivity contribution is 0.481. The molecule has 0 aliphatic carbocycles. The van der Waals surface area contributed by atoms with Crippen LogP contribution in [0.3, 0.4) is 0 Å². The first-order valence-corrected chi connectivity index (χ1v) is 8.19. The summed E-state index contributed by atoms with van der Waals surface area (Å²) in [5.41, 5.74) is -0.142. The number of rotatable bonds is 4. The molecule has 2 aromatic rings. The first-order chi connectivity index (χ1) is 9.68. The molecule has 0 aliphatic heterocycles. The Kier molecular flexibility index (Phi) is 3.91. The molecule has 1 aromatic carbocycles. The fourth-order valence-corrected chi connectivity index (χ4v) is 2.72. The van der Waals surface area contributed by atoms with Gasteiger partial charge in [-0.1, -0.05) is 0 Å². The Morgan fingerprint density at radius 3 is 2.10 bits per heavy atom. The number of anilines is 2. The van der Waals surface area contributed by atoms with Crippen molar-refractivity contribution in [3.05, 3.63) is 36.7 Å². The van der Waals surface area contributed by atoms with Gasteiger partial charge in [0.25, 0.3) is 20.2 Å². The third-order valence-electron chi connectivity index (χ3n) is 2.34. The highest BCUT2D eigenvalue weighted by atomic mass is 32.2. The Morgan fingerprint density at radius 1 is 0.952 bits per heavy atom. The second-order valence-corrected chi connectivity index (χ2v) is 6.62. The highest BCUT2D eigenvalue weighted by Crippen LogP contribution is 2.26. The van der Waals surface area contributed by atoms with Gasteiger partial charge >= 0.3 is 0 Å². The number of hydrogen-bond donors (Lipinski definition) is 3. The second kappa shape index (κ2) is 5.37. The van der Waals surface area contributed by atoms with Gasteiger partial charge in [0.05, 0.1) is 10.6 Å². The van der Waals surface area contributed by atoms with E-state index in [0.29, 0.717) is 6.07 Å². The van der Waals surface area contributed by atoms with Crippen LogP contribution in [0.5, 0.6) is 0 Å². The average molecular weight is 331 g/mol. The van der Waals surface area contributed by atoms with Crippen LogP contribution < -0.4 is 5.32 Å². The van der Waals surface area contributed by atoms with Crippen molar-refractivity contribution < 1.29 is 25.9 Å². The summed E-state index contributed by atoms with van der Waals surface area (Å²) < 4.78 is 62.7. The van der Waals surface area contributed by atoms with E-state index in [1.54, 1.807) is 0 Å². The molecule has 0 fully saturated rings. The lowest BCUT2D eigenvalue weighted by atomic mass is 10.3. The van der Waals surface area contributed by atoms with Crippen molar-refractivity contribution in [2.45, 2.75) is 9.79 Å². The number of nitrogens with one attached hydrogen (secondary N) is 1. The Hall–Kier alpha value is -2.08. The van der Waals surface area contributed by atoms with Gasteiger partial charge < -0.3 is 5.32 Å². The van der Waals surface area contributed by atoms with E-state index in [1.807, 2.05) is 0 Å². The molecule has 112 valence electrons. The number of benzene rings is 1. The van der Waals surface area contributed by atoms with Gasteiger partial charge in [-0.25, -0.2) is 9.97 Å². The number of aromatic nitrogens is 2. The molecular weight excluding hydrogens is 322 g/mol. The van der Waals surface area contributed by atoms with E-state index in [9.17, 15) is 16.8 Å². The maximum atomic E-state index is 11.3. The van der Waals surface area contributed by atoms with Crippen LogP contribution in [-0.4, -0.2) is 35.9 Å². The molecule has 21 heavy (non-hydrogen) atoms. The van der Waals surface area contributed by atoms with E-state index in [4.69, 9.17) is 9.11 Å². The summed E-state index contributed by atoms with van der Waals surface area (Å²) in [4.78, 5) is 6.20. The van der Waals surface area contributed by atoms with Crippen LogP contribution in [-0.2, 0) is 20.2 Å². The van der Waals surface area contributed by atoms with Crippen molar-refractivity contribution in [1.82, 2.24) is 9.97 Å². The average Bonchev–Trinajstić information content (AvgIpc) is 2.38. The smallest absolute Gasteiger partial charge is 0.296 e. The summed E-state index contributed by atoms with van der Waals surface area (Å²) in [6.07, 6.45) is 2.80. The molecule has 0 saturated carbocycles. The highest BCUT2D eigenvalue weighted by molar-refractivity contribution is 7.86. The van der Waals surface area contributed by atoms with Gasteiger partial charge in [-0.15, -0.1) is 0 Å².